The normalized spacial score (nSPS) is 12.9. The highest BCUT2D eigenvalue weighted by Gasteiger charge is 2.12. The molecule has 0 aliphatic heterocycles. The van der Waals surface area contributed by atoms with Crippen LogP contribution in [0.15, 0.2) is 12.4 Å². The highest BCUT2D eigenvalue weighted by atomic mass is 15.3. The second kappa shape index (κ2) is 5.57. The van der Waals surface area contributed by atoms with Gasteiger partial charge >= 0.3 is 0 Å². The van der Waals surface area contributed by atoms with Crippen LogP contribution in [0.25, 0.3) is 0 Å². The van der Waals surface area contributed by atoms with Crippen LogP contribution in [0.3, 0.4) is 0 Å². The lowest BCUT2D eigenvalue weighted by molar-refractivity contribution is 0.569. The molecule has 2 rings (SSSR count). The molecule has 2 heterocycles. The largest absolute Gasteiger partial charge is 0.306 e. The number of nitrogens with one attached hydrogen (secondary N) is 1. The minimum Gasteiger partial charge on any atom is -0.306 e. The smallest absolute Gasteiger partial charge is 0.0638 e. The third kappa shape index (κ3) is 2.87. The number of hydrogen-bond donors (Lipinski definition) is 1. The van der Waals surface area contributed by atoms with Gasteiger partial charge in [-0.05, 0) is 27.7 Å². The Bertz CT molecular complexity index is 552. The molecule has 1 atom stereocenters. The van der Waals surface area contributed by atoms with Gasteiger partial charge in [-0.2, -0.15) is 10.2 Å². The second-order valence-corrected chi connectivity index (χ2v) is 5.01. The fourth-order valence-electron chi connectivity index (χ4n) is 2.21. The lowest BCUT2D eigenvalue weighted by Gasteiger charge is -2.13. The molecule has 0 bridgehead atoms. The average Bonchev–Trinajstić information content (AvgIpc) is 2.91. The van der Waals surface area contributed by atoms with Gasteiger partial charge in [0.15, 0.2) is 0 Å². The third-order valence-corrected chi connectivity index (χ3v) is 3.71. The molecule has 0 aromatic carbocycles. The predicted molar refractivity (Wildman–Crippen MR) is 75.8 cm³/mol. The van der Waals surface area contributed by atoms with E-state index in [2.05, 4.69) is 49.4 Å². The summed E-state index contributed by atoms with van der Waals surface area (Å²) in [5.74, 6) is 0. The molecule has 104 valence electrons. The molecule has 0 amide bonds. The summed E-state index contributed by atoms with van der Waals surface area (Å²) < 4.78 is 3.89. The monoisotopic (exact) mass is 261 g/mol. The van der Waals surface area contributed by atoms with Crippen LogP contribution in [-0.2, 0) is 20.1 Å². The van der Waals surface area contributed by atoms with E-state index >= 15 is 0 Å². The molecule has 0 saturated heterocycles. The van der Waals surface area contributed by atoms with E-state index in [0.29, 0.717) is 0 Å². The minimum atomic E-state index is 0.290. The lowest BCUT2D eigenvalue weighted by Crippen LogP contribution is -2.18. The Morgan fingerprint density at radius 2 is 2.11 bits per heavy atom. The van der Waals surface area contributed by atoms with E-state index < -0.39 is 0 Å². The lowest BCUT2D eigenvalue weighted by atomic mass is 10.1. The fraction of sp³-hybridized carbons (Fsp3) is 0.571. The van der Waals surface area contributed by atoms with Gasteiger partial charge in [-0.25, -0.2) is 0 Å². The number of nitrogens with zero attached hydrogens (tertiary/aromatic N) is 4. The molecule has 0 radical (unpaired) electrons. The Balaban J connectivity index is 2.02. The zero-order valence-electron chi connectivity index (χ0n) is 12.4. The quantitative estimate of drug-likeness (QED) is 0.896. The van der Waals surface area contributed by atoms with E-state index in [0.717, 1.165) is 18.8 Å². The van der Waals surface area contributed by atoms with Crippen LogP contribution in [0.4, 0.5) is 0 Å². The molecule has 1 unspecified atom stereocenters. The van der Waals surface area contributed by atoms with Gasteiger partial charge in [-0.1, -0.05) is 0 Å². The van der Waals surface area contributed by atoms with Crippen molar-refractivity contribution in [1.29, 1.82) is 0 Å². The molecule has 2 aromatic rings. The van der Waals surface area contributed by atoms with E-state index in [1.54, 1.807) is 0 Å². The SMILES string of the molecule is CCn1cc(CNC(C)c2cnn(C)c2C)c(C)n1. The molecular formula is C14H23N5. The van der Waals surface area contributed by atoms with Crippen molar-refractivity contribution in [3.05, 3.63) is 34.9 Å². The summed E-state index contributed by atoms with van der Waals surface area (Å²) in [6, 6.07) is 0.290. The van der Waals surface area contributed by atoms with Crippen molar-refractivity contribution in [2.45, 2.75) is 46.8 Å². The first kappa shape index (κ1) is 13.8. The van der Waals surface area contributed by atoms with Gasteiger partial charge in [0.1, 0.15) is 0 Å². The number of aromatic nitrogens is 4. The molecule has 0 fully saturated rings. The molecule has 0 saturated carbocycles. The third-order valence-electron chi connectivity index (χ3n) is 3.71. The van der Waals surface area contributed by atoms with Gasteiger partial charge in [0.05, 0.1) is 11.9 Å². The standard InChI is InChI=1S/C14H23N5/c1-6-19-9-13(10(2)17-19)7-15-11(3)14-8-16-18(5)12(14)4/h8-9,11,15H,6-7H2,1-5H3. The summed E-state index contributed by atoms with van der Waals surface area (Å²) in [4.78, 5) is 0. The maximum atomic E-state index is 4.46. The first-order chi connectivity index (χ1) is 9.02. The zero-order valence-corrected chi connectivity index (χ0v) is 12.4. The molecular weight excluding hydrogens is 238 g/mol. The van der Waals surface area contributed by atoms with Gasteiger partial charge in [0.25, 0.3) is 0 Å². The Hall–Kier alpha value is -1.62. The number of aryl methyl sites for hydroxylation is 3. The Morgan fingerprint density at radius 1 is 1.37 bits per heavy atom. The van der Waals surface area contributed by atoms with E-state index in [-0.39, 0.29) is 6.04 Å². The van der Waals surface area contributed by atoms with Crippen molar-refractivity contribution in [1.82, 2.24) is 24.9 Å². The van der Waals surface area contributed by atoms with E-state index in [9.17, 15) is 0 Å². The highest BCUT2D eigenvalue weighted by molar-refractivity contribution is 5.21. The molecule has 5 heteroatoms. The molecule has 0 spiro atoms. The van der Waals surface area contributed by atoms with Crippen LogP contribution in [0, 0.1) is 13.8 Å². The Labute approximate surface area is 114 Å². The minimum absolute atomic E-state index is 0.290. The maximum absolute atomic E-state index is 4.46. The maximum Gasteiger partial charge on any atom is 0.0638 e. The summed E-state index contributed by atoms with van der Waals surface area (Å²) in [5.41, 5.74) is 4.82. The first-order valence-corrected chi connectivity index (χ1v) is 6.77. The highest BCUT2D eigenvalue weighted by Crippen LogP contribution is 2.17. The van der Waals surface area contributed by atoms with Crippen LogP contribution in [0.1, 0.15) is 42.4 Å². The van der Waals surface area contributed by atoms with Crippen molar-refractivity contribution in [2.24, 2.45) is 7.05 Å². The molecule has 0 aliphatic rings. The molecule has 2 aromatic heterocycles. The fourth-order valence-corrected chi connectivity index (χ4v) is 2.21. The first-order valence-electron chi connectivity index (χ1n) is 6.77. The van der Waals surface area contributed by atoms with Crippen molar-refractivity contribution >= 4 is 0 Å². The van der Waals surface area contributed by atoms with Crippen molar-refractivity contribution in [2.75, 3.05) is 0 Å². The van der Waals surface area contributed by atoms with Crippen LogP contribution >= 0.6 is 0 Å². The molecule has 1 N–H and O–H groups in total. The van der Waals surface area contributed by atoms with Crippen molar-refractivity contribution in [3.8, 4) is 0 Å². The Kier molecular flexibility index (Phi) is 4.04. The summed E-state index contributed by atoms with van der Waals surface area (Å²) >= 11 is 0. The van der Waals surface area contributed by atoms with E-state index in [1.165, 1.54) is 16.8 Å². The van der Waals surface area contributed by atoms with Gasteiger partial charge in [0.2, 0.25) is 0 Å². The summed E-state index contributed by atoms with van der Waals surface area (Å²) in [6.07, 6.45) is 4.06. The second-order valence-electron chi connectivity index (χ2n) is 5.01. The predicted octanol–water partition coefficient (Wildman–Crippen LogP) is 2.10. The van der Waals surface area contributed by atoms with Crippen LogP contribution in [0.5, 0.6) is 0 Å². The van der Waals surface area contributed by atoms with Crippen molar-refractivity contribution < 1.29 is 0 Å². The molecule has 0 aliphatic carbocycles. The van der Waals surface area contributed by atoms with Crippen LogP contribution < -0.4 is 5.32 Å². The van der Waals surface area contributed by atoms with Gasteiger partial charge in [-0.3, -0.25) is 9.36 Å². The topological polar surface area (TPSA) is 47.7 Å². The van der Waals surface area contributed by atoms with Gasteiger partial charge in [-0.15, -0.1) is 0 Å². The number of hydrogen-bond acceptors (Lipinski definition) is 3. The van der Waals surface area contributed by atoms with Gasteiger partial charge < -0.3 is 5.32 Å². The zero-order chi connectivity index (χ0) is 14.0. The van der Waals surface area contributed by atoms with Gasteiger partial charge in [0, 0.05) is 49.2 Å². The van der Waals surface area contributed by atoms with E-state index in [4.69, 9.17) is 0 Å². The summed E-state index contributed by atoms with van der Waals surface area (Å²) in [5, 5.41) is 12.3. The van der Waals surface area contributed by atoms with Crippen molar-refractivity contribution in [3.63, 3.8) is 0 Å². The van der Waals surface area contributed by atoms with Crippen LogP contribution in [-0.4, -0.2) is 19.6 Å². The average molecular weight is 261 g/mol. The Morgan fingerprint density at radius 3 is 2.63 bits per heavy atom. The van der Waals surface area contributed by atoms with E-state index in [1.807, 2.05) is 22.6 Å². The molecule has 5 nitrogen and oxygen atoms in total. The summed E-state index contributed by atoms with van der Waals surface area (Å²) in [6.45, 7) is 10.2. The number of rotatable bonds is 5. The summed E-state index contributed by atoms with van der Waals surface area (Å²) in [7, 11) is 1.97. The van der Waals surface area contributed by atoms with Crippen LogP contribution in [0.2, 0.25) is 0 Å². The molecule has 19 heavy (non-hydrogen) atoms.